The van der Waals surface area contributed by atoms with E-state index >= 15 is 0 Å². The zero-order chi connectivity index (χ0) is 12.4. The Morgan fingerprint density at radius 1 is 1.35 bits per heavy atom. The van der Waals surface area contributed by atoms with E-state index in [-0.39, 0.29) is 0 Å². The Bertz CT molecular complexity index is 524. The third-order valence-corrected chi connectivity index (χ3v) is 4.76. The minimum atomic E-state index is -0.591. The molecule has 0 aliphatic carbocycles. The third-order valence-electron chi connectivity index (χ3n) is 2.56. The van der Waals surface area contributed by atoms with Crippen molar-refractivity contribution in [1.29, 1.82) is 0 Å². The Hall–Kier alpha value is -0.350. The van der Waals surface area contributed by atoms with Gasteiger partial charge in [0.15, 0.2) is 0 Å². The zero-order valence-electron chi connectivity index (χ0n) is 9.28. The van der Waals surface area contributed by atoms with Gasteiger partial charge >= 0.3 is 0 Å². The summed E-state index contributed by atoms with van der Waals surface area (Å²) in [6.45, 7) is 2.11. The fourth-order valence-corrected chi connectivity index (χ4v) is 3.47. The number of hydrogen-bond donors (Lipinski definition) is 1. The van der Waals surface area contributed by atoms with Crippen molar-refractivity contribution in [1.82, 2.24) is 0 Å². The van der Waals surface area contributed by atoms with Crippen LogP contribution in [0.4, 0.5) is 0 Å². The van der Waals surface area contributed by atoms with Crippen molar-refractivity contribution in [3.8, 4) is 0 Å². The maximum absolute atomic E-state index is 10.3. The van der Waals surface area contributed by atoms with E-state index < -0.39 is 6.10 Å². The van der Waals surface area contributed by atoms with Crippen LogP contribution in [0, 0.1) is 0 Å². The molecule has 0 amide bonds. The molecule has 1 nitrogen and oxygen atoms in total. The van der Waals surface area contributed by atoms with Crippen LogP contribution in [-0.2, 0) is 6.42 Å². The Morgan fingerprint density at radius 3 is 2.71 bits per heavy atom. The smallest absolute Gasteiger partial charge is 0.114 e. The van der Waals surface area contributed by atoms with Gasteiger partial charge < -0.3 is 5.11 Å². The molecule has 0 aliphatic heterocycles. The molecule has 1 aromatic heterocycles. The normalized spacial score (nSPS) is 12.7. The Morgan fingerprint density at radius 2 is 2.12 bits per heavy atom. The van der Waals surface area contributed by atoms with Crippen LogP contribution in [0.2, 0.25) is 5.02 Å². The van der Waals surface area contributed by atoms with Gasteiger partial charge in [-0.15, -0.1) is 11.3 Å². The maximum atomic E-state index is 10.3. The van der Waals surface area contributed by atoms with E-state index in [4.69, 9.17) is 11.6 Å². The van der Waals surface area contributed by atoms with Crippen LogP contribution in [0.3, 0.4) is 0 Å². The van der Waals surface area contributed by atoms with Crippen LogP contribution in [-0.4, -0.2) is 5.11 Å². The molecule has 4 heteroatoms. The molecule has 0 aliphatic rings. The lowest BCUT2D eigenvalue weighted by Gasteiger charge is -2.11. The van der Waals surface area contributed by atoms with Gasteiger partial charge in [-0.1, -0.05) is 40.5 Å². The van der Waals surface area contributed by atoms with E-state index in [1.165, 1.54) is 4.88 Å². The van der Waals surface area contributed by atoms with Crippen LogP contribution in [0.25, 0.3) is 0 Å². The number of benzene rings is 1. The highest BCUT2D eigenvalue weighted by atomic mass is 79.9. The van der Waals surface area contributed by atoms with E-state index in [1.54, 1.807) is 23.5 Å². The molecule has 17 heavy (non-hydrogen) atoms. The summed E-state index contributed by atoms with van der Waals surface area (Å²) in [5, 5.41) is 11.0. The lowest BCUT2D eigenvalue weighted by Crippen LogP contribution is -1.97. The van der Waals surface area contributed by atoms with Crippen molar-refractivity contribution < 1.29 is 5.11 Å². The fourth-order valence-electron chi connectivity index (χ4n) is 1.61. The van der Waals surface area contributed by atoms with Gasteiger partial charge in [-0.2, -0.15) is 0 Å². The summed E-state index contributed by atoms with van der Waals surface area (Å²) in [6, 6.07) is 9.48. The highest BCUT2D eigenvalue weighted by molar-refractivity contribution is 9.10. The molecular weight excluding hydrogens is 320 g/mol. The number of thiophene rings is 1. The van der Waals surface area contributed by atoms with E-state index in [0.717, 1.165) is 21.3 Å². The van der Waals surface area contributed by atoms with Crippen LogP contribution in [0.5, 0.6) is 0 Å². The quantitative estimate of drug-likeness (QED) is 0.856. The molecule has 1 unspecified atom stereocenters. The van der Waals surface area contributed by atoms with Crippen LogP contribution >= 0.6 is 38.9 Å². The van der Waals surface area contributed by atoms with E-state index in [0.29, 0.717) is 5.02 Å². The molecule has 1 atom stereocenters. The minimum absolute atomic E-state index is 0.591. The van der Waals surface area contributed by atoms with Crippen molar-refractivity contribution in [2.24, 2.45) is 0 Å². The van der Waals surface area contributed by atoms with E-state index in [1.807, 2.05) is 12.1 Å². The highest BCUT2D eigenvalue weighted by Gasteiger charge is 2.15. The first kappa shape index (κ1) is 13.1. The number of aliphatic hydroxyl groups excluding tert-OH is 1. The summed E-state index contributed by atoms with van der Waals surface area (Å²) >= 11 is 11.0. The van der Waals surface area contributed by atoms with Gasteiger partial charge in [0.25, 0.3) is 0 Å². The van der Waals surface area contributed by atoms with Crippen molar-refractivity contribution in [2.45, 2.75) is 19.4 Å². The topological polar surface area (TPSA) is 20.2 Å². The molecule has 0 fully saturated rings. The molecule has 0 radical (unpaired) electrons. The van der Waals surface area contributed by atoms with Crippen molar-refractivity contribution in [2.75, 3.05) is 0 Å². The number of halogens is 2. The van der Waals surface area contributed by atoms with Crippen LogP contribution in [0.1, 0.15) is 28.3 Å². The highest BCUT2D eigenvalue weighted by Crippen LogP contribution is 2.33. The molecule has 0 saturated carbocycles. The van der Waals surface area contributed by atoms with Gasteiger partial charge in [-0.25, -0.2) is 0 Å². The molecule has 2 aromatic rings. The van der Waals surface area contributed by atoms with Gasteiger partial charge in [0.1, 0.15) is 6.10 Å². The third kappa shape index (κ3) is 2.91. The Balaban J connectivity index is 2.33. The number of hydrogen-bond acceptors (Lipinski definition) is 2. The second-order valence-electron chi connectivity index (χ2n) is 3.73. The maximum Gasteiger partial charge on any atom is 0.114 e. The van der Waals surface area contributed by atoms with Gasteiger partial charge in [0.2, 0.25) is 0 Å². The van der Waals surface area contributed by atoms with Crippen molar-refractivity contribution in [3.05, 3.63) is 55.1 Å². The first-order valence-corrected chi connectivity index (χ1v) is 7.32. The summed E-state index contributed by atoms with van der Waals surface area (Å²) in [6.07, 6.45) is 0.408. The molecule has 90 valence electrons. The van der Waals surface area contributed by atoms with Crippen molar-refractivity contribution in [3.63, 3.8) is 0 Å². The molecule has 0 saturated heterocycles. The average molecular weight is 332 g/mol. The Labute approximate surface area is 118 Å². The minimum Gasteiger partial charge on any atom is -0.383 e. The first-order valence-electron chi connectivity index (χ1n) is 5.33. The van der Waals surface area contributed by atoms with E-state index in [9.17, 15) is 5.11 Å². The van der Waals surface area contributed by atoms with Crippen LogP contribution in [0.15, 0.2) is 34.8 Å². The first-order chi connectivity index (χ1) is 8.11. The lowest BCUT2D eigenvalue weighted by molar-refractivity contribution is 0.223. The molecular formula is C13H12BrClOS. The van der Waals surface area contributed by atoms with E-state index in [2.05, 4.69) is 28.9 Å². The van der Waals surface area contributed by atoms with Gasteiger partial charge in [0.05, 0.1) is 0 Å². The number of aryl methyl sites for hydroxylation is 1. The summed E-state index contributed by atoms with van der Waals surface area (Å²) in [7, 11) is 0. The standard InChI is InChI=1S/C13H12BrClOS/c1-2-9-4-6-12(17-9)13(16)10-5-3-8(15)7-11(10)14/h3-7,13,16H,2H2,1H3. The summed E-state index contributed by atoms with van der Waals surface area (Å²) in [4.78, 5) is 2.24. The monoisotopic (exact) mass is 330 g/mol. The zero-order valence-corrected chi connectivity index (χ0v) is 12.4. The largest absolute Gasteiger partial charge is 0.383 e. The summed E-state index contributed by atoms with van der Waals surface area (Å²) in [5.74, 6) is 0. The number of aliphatic hydroxyl groups is 1. The summed E-state index contributed by atoms with van der Waals surface area (Å²) < 4.78 is 0.837. The Kier molecular flexibility index (Phi) is 4.26. The SMILES string of the molecule is CCc1ccc(C(O)c2ccc(Cl)cc2Br)s1. The average Bonchev–Trinajstić information content (AvgIpc) is 2.76. The van der Waals surface area contributed by atoms with Crippen LogP contribution < -0.4 is 0 Å². The molecule has 0 spiro atoms. The molecule has 1 heterocycles. The fraction of sp³-hybridized carbons (Fsp3) is 0.231. The van der Waals surface area contributed by atoms with Gasteiger partial charge in [-0.3, -0.25) is 0 Å². The predicted molar refractivity (Wildman–Crippen MR) is 76.9 cm³/mol. The molecule has 0 bridgehead atoms. The predicted octanol–water partition coefficient (Wildman–Crippen LogP) is 4.81. The molecule has 1 aromatic carbocycles. The molecule has 2 rings (SSSR count). The number of rotatable bonds is 3. The van der Waals surface area contributed by atoms with Gasteiger partial charge in [0, 0.05) is 24.8 Å². The summed E-state index contributed by atoms with van der Waals surface area (Å²) in [5.41, 5.74) is 0.846. The van der Waals surface area contributed by atoms with Gasteiger partial charge in [-0.05, 0) is 30.7 Å². The molecule has 1 N–H and O–H groups in total. The lowest BCUT2D eigenvalue weighted by atomic mass is 10.1. The van der Waals surface area contributed by atoms with Crippen molar-refractivity contribution >= 4 is 38.9 Å². The second-order valence-corrected chi connectivity index (χ2v) is 6.22. The second kappa shape index (κ2) is 5.53.